The van der Waals surface area contributed by atoms with Gasteiger partial charge in [-0.25, -0.2) is 0 Å². The number of aliphatic hydroxyl groups excluding tert-OH is 1. The van der Waals surface area contributed by atoms with Gasteiger partial charge in [-0.15, -0.1) is 0 Å². The number of fused-ring (bicyclic) bond motifs is 2. The van der Waals surface area contributed by atoms with Gasteiger partial charge in [0, 0.05) is 26.1 Å². The molecule has 47 heavy (non-hydrogen) atoms. The number of aliphatic hydroxyl groups is 1. The van der Waals surface area contributed by atoms with Crippen LogP contribution in [0.2, 0.25) is 0 Å². The SMILES string of the molecule is CC(C)[C@H](CO)N1C(=O)[C@H]2[C@@H]3C(=O)O[C@@H](c4ccccc4)[C@H](C)N(C)C(=O)CC/C=C\[C@@H]3O[C@]23C=CCN(C2CCCCC2)C(=O)[C@H]13. The Morgan fingerprint density at radius 2 is 1.72 bits per heavy atom. The van der Waals surface area contributed by atoms with Crippen LogP contribution in [0.25, 0.3) is 0 Å². The number of carbonyl (C=O) groups excluding carboxylic acids is 4. The smallest absolute Gasteiger partial charge is 0.313 e. The lowest BCUT2D eigenvalue weighted by Crippen LogP contribution is -2.60. The van der Waals surface area contributed by atoms with Gasteiger partial charge in [0.1, 0.15) is 23.7 Å². The number of likely N-dealkylation sites (tertiary alicyclic amines) is 1. The number of esters is 1. The lowest BCUT2D eigenvalue weighted by molar-refractivity contribution is -0.165. The summed E-state index contributed by atoms with van der Waals surface area (Å²) >= 11 is 0. The molecule has 6 rings (SSSR count). The van der Waals surface area contributed by atoms with Crippen LogP contribution in [0.5, 0.6) is 0 Å². The Morgan fingerprint density at radius 1 is 1.00 bits per heavy atom. The van der Waals surface area contributed by atoms with E-state index in [1.165, 1.54) is 4.90 Å². The van der Waals surface area contributed by atoms with E-state index in [-0.39, 0.29) is 42.7 Å². The van der Waals surface area contributed by atoms with Gasteiger partial charge in [0.05, 0.1) is 30.7 Å². The molecule has 1 N–H and O–H groups in total. The number of benzene rings is 1. The van der Waals surface area contributed by atoms with Crippen LogP contribution in [0.1, 0.15) is 77.4 Å². The molecule has 1 spiro atoms. The summed E-state index contributed by atoms with van der Waals surface area (Å²) in [4.78, 5) is 62.4. The van der Waals surface area contributed by atoms with E-state index < -0.39 is 53.7 Å². The summed E-state index contributed by atoms with van der Waals surface area (Å²) in [5.41, 5.74) is -0.699. The maximum Gasteiger partial charge on any atom is 0.313 e. The average molecular weight is 648 g/mol. The normalized spacial score (nSPS) is 35.1. The van der Waals surface area contributed by atoms with E-state index in [0.717, 1.165) is 37.7 Å². The molecule has 1 aliphatic carbocycles. The first-order valence-electron chi connectivity index (χ1n) is 17.4. The highest BCUT2D eigenvalue weighted by molar-refractivity contribution is 5.99. The summed E-state index contributed by atoms with van der Waals surface area (Å²) in [6, 6.07) is 7.20. The number of hydrogen-bond acceptors (Lipinski definition) is 7. The predicted octanol–water partition coefficient (Wildman–Crippen LogP) is 3.80. The Hall–Kier alpha value is -3.50. The molecule has 3 amide bonds. The zero-order chi connectivity index (χ0) is 33.5. The van der Waals surface area contributed by atoms with Gasteiger partial charge in [0.15, 0.2) is 0 Å². The zero-order valence-corrected chi connectivity index (χ0v) is 28.0. The highest BCUT2D eigenvalue weighted by Crippen LogP contribution is 2.54. The molecule has 1 aromatic rings. The standard InChI is InChI=1S/C37H49N3O7/c1-23(2)27(22-41)40-33-35(44)39(26-16-9-6-10-17-26)21-13-20-37(33)31(34(40)43)30-28(47-37)18-11-12-19-29(42)38(4)24(3)32(46-36(30)45)25-14-7-5-8-15-25/h5,7-8,11,13-15,18,20,23-24,26-28,30-33,41H,6,9-10,12,16-17,19,21-22H2,1-4H3/b18-11-/t24-,27-,28-,30+,31+,32+,33-,37+/m0/s1. The third kappa shape index (κ3) is 5.81. The fourth-order valence-electron chi connectivity index (χ4n) is 8.54. The molecule has 4 heterocycles. The number of hydrogen-bond donors (Lipinski definition) is 1. The highest BCUT2D eigenvalue weighted by atomic mass is 16.6. The van der Waals surface area contributed by atoms with Crippen molar-refractivity contribution in [3.63, 3.8) is 0 Å². The van der Waals surface area contributed by atoms with E-state index >= 15 is 0 Å². The molecule has 0 aromatic heterocycles. The van der Waals surface area contributed by atoms with Crippen molar-refractivity contribution in [1.29, 1.82) is 0 Å². The average Bonchev–Trinajstić information content (AvgIpc) is 3.46. The maximum atomic E-state index is 14.8. The molecular weight excluding hydrogens is 598 g/mol. The molecule has 5 aliphatic rings. The first kappa shape index (κ1) is 33.4. The van der Waals surface area contributed by atoms with Crippen molar-refractivity contribution in [2.24, 2.45) is 17.8 Å². The molecule has 10 heteroatoms. The van der Waals surface area contributed by atoms with Crippen LogP contribution < -0.4 is 0 Å². The summed E-state index contributed by atoms with van der Waals surface area (Å²) in [6.07, 6.45) is 11.4. The largest absolute Gasteiger partial charge is 0.455 e. The Kier molecular flexibility index (Phi) is 9.63. The molecule has 0 bridgehead atoms. The predicted molar refractivity (Wildman–Crippen MR) is 175 cm³/mol. The van der Waals surface area contributed by atoms with Gasteiger partial charge in [-0.05, 0) is 37.7 Å². The Bertz CT molecular complexity index is 1410. The van der Waals surface area contributed by atoms with Crippen molar-refractivity contribution >= 4 is 23.7 Å². The van der Waals surface area contributed by atoms with Gasteiger partial charge in [0.2, 0.25) is 17.7 Å². The van der Waals surface area contributed by atoms with Gasteiger partial charge >= 0.3 is 5.97 Å². The van der Waals surface area contributed by atoms with Gasteiger partial charge in [0.25, 0.3) is 0 Å². The van der Waals surface area contributed by atoms with Crippen molar-refractivity contribution in [1.82, 2.24) is 14.7 Å². The third-order valence-electron chi connectivity index (χ3n) is 11.2. The number of nitrogens with zero attached hydrogens (tertiary/aromatic N) is 3. The molecule has 1 aromatic carbocycles. The molecule has 8 atom stereocenters. The first-order chi connectivity index (χ1) is 22.6. The third-order valence-corrected chi connectivity index (χ3v) is 11.2. The topological polar surface area (TPSA) is 117 Å². The van der Waals surface area contributed by atoms with Crippen molar-refractivity contribution in [2.75, 3.05) is 20.2 Å². The number of ether oxygens (including phenoxy) is 2. The number of cyclic esters (lactones) is 1. The number of allylic oxidation sites excluding steroid dienone is 1. The fourth-order valence-corrected chi connectivity index (χ4v) is 8.54. The summed E-state index contributed by atoms with van der Waals surface area (Å²) < 4.78 is 13.2. The second-order valence-electron chi connectivity index (χ2n) is 14.2. The van der Waals surface area contributed by atoms with Crippen LogP contribution in [0.3, 0.4) is 0 Å². The number of rotatable bonds is 5. The van der Waals surface area contributed by atoms with E-state index in [1.54, 1.807) is 18.0 Å². The minimum Gasteiger partial charge on any atom is -0.455 e. The van der Waals surface area contributed by atoms with Crippen molar-refractivity contribution < 1.29 is 33.8 Å². The van der Waals surface area contributed by atoms with E-state index in [1.807, 2.05) is 74.2 Å². The van der Waals surface area contributed by atoms with Crippen LogP contribution in [0.4, 0.5) is 0 Å². The van der Waals surface area contributed by atoms with E-state index in [0.29, 0.717) is 13.0 Å². The van der Waals surface area contributed by atoms with Crippen molar-refractivity contribution in [3.05, 3.63) is 60.2 Å². The monoisotopic (exact) mass is 647 g/mol. The molecule has 0 unspecified atom stereocenters. The highest BCUT2D eigenvalue weighted by Gasteiger charge is 2.73. The molecule has 4 aliphatic heterocycles. The maximum absolute atomic E-state index is 14.8. The molecule has 254 valence electrons. The number of likely N-dealkylation sites (N-methyl/N-ethyl adjacent to an activating group) is 1. The molecule has 3 fully saturated rings. The summed E-state index contributed by atoms with van der Waals surface area (Å²) in [5.74, 6) is -3.51. The molecule has 0 radical (unpaired) electrons. The summed E-state index contributed by atoms with van der Waals surface area (Å²) in [5, 5.41) is 10.6. The molecule has 2 saturated heterocycles. The van der Waals surface area contributed by atoms with Crippen LogP contribution in [0, 0.1) is 17.8 Å². The van der Waals surface area contributed by atoms with Crippen LogP contribution >= 0.6 is 0 Å². The Balaban J connectivity index is 1.46. The Labute approximate surface area is 277 Å². The Morgan fingerprint density at radius 3 is 2.40 bits per heavy atom. The number of amides is 3. The second kappa shape index (κ2) is 13.5. The quantitative estimate of drug-likeness (QED) is 0.382. The van der Waals surface area contributed by atoms with Crippen LogP contribution in [0.15, 0.2) is 54.6 Å². The minimum atomic E-state index is -1.43. The first-order valence-corrected chi connectivity index (χ1v) is 17.4. The summed E-state index contributed by atoms with van der Waals surface area (Å²) in [7, 11) is 1.71. The minimum absolute atomic E-state index is 0.0563. The van der Waals surface area contributed by atoms with Gasteiger partial charge < -0.3 is 29.3 Å². The van der Waals surface area contributed by atoms with Gasteiger partial charge in [-0.2, -0.15) is 0 Å². The number of carbonyl (C=O) groups is 4. The van der Waals surface area contributed by atoms with Crippen molar-refractivity contribution in [3.8, 4) is 0 Å². The lowest BCUT2D eigenvalue weighted by atomic mass is 9.77. The van der Waals surface area contributed by atoms with Crippen LogP contribution in [-0.4, -0.2) is 99.6 Å². The molecular formula is C37H49N3O7. The van der Waals surface area contributed by atoms with E-state index in [2.05, 4.69) is 0 Å². The van der Waals surface area contributed by atoms with E-state index in [9.17, 15) is 24.3 Å². The van der Waals surface area contributed by atoms with Crippen LogP contribution in [-0.2, 0) is 28.7 Å². The van der Waals surface area contributed by atoms with Gasteiger partial charge in [-0.3, -0.25) is 19.2 Å². The van der Waals surface area contributed by atoms with Crippen molar-refractivity contribution in [2.45, 2.75) is 108 Å². The van der Waals surface area contributed by atoms with E-state index in [4.69, 9.17) is 9.47 Å². The fraction of sp³-hybridized carbons (Fsp3) is 0.622. The zero-order valence-electron chi connectivity index (χ0n) is 28.0. The lowest BCUT2D eigenvalue weighted by Gasteiger charge is -2.42. The molecule has 1 saturated carbocycles. The molecule has 10 nitrogen and oxygen atoms in total. The second-order valence-corrected chi connectivity index (χ2v) is 14.2. The summed E-state index contributed by atoms with van der Waals surface area (Å²) in [6.45, 7) is 5.77. The van der Waals surface area contributed by atoms with Gasteiger partial charge in [-0.1, -0.05) is 87.7 Å².